The number of hydrogen-bond donors (Lipinski definition) is 0. The number of hydrogen-bond acceptors (Lipinski definition) is 4. The Kier molecular flexibility index (Phi) is 1.80. The number of rotatable bonds is 1. The maximum absolute atomic E-state index is 5.37. The molecule has 0 N–H and O–H groups in total. The van der Waals surface area contributed by atoms with E-state index >= 15 is 0 Å². The first kappa shape index (κ1) is 9.41. The molecule has 0 atom stereocenters. The van der Waals surface area contributed by atoms with Gasteiger partial charge in [0.1, 0.15) is 0 Å². The van der Waals surface area contributed by atoms with Gasteiger partial charge in [0.2, 0.25) is 0 Å². The van der Waals surface area contributed by atoms with Crippen LogP contribution in [0.3, 0.4) is 0 Å². The van der Waals surface area contributed by atoms with E-state index in [-0.39, 0.29) is 0 Å². The lowest BCUT2D eigenvalue weighted by Gasteiger charge is -2.03. The molecule has 0 amide bonds. The molecule has 0 unspecified atom stereocenters. The summed E-state index contributed by atoms with van der Waals surface area (Å²) in [5.74, 6) is 0. The van der Waals surface area contributed by atoms with Crippen LogP contribution < -0.4 is 0 Å². The Morgan fingerprint density at radius 2 is 1.17 bits per heavy atom. The zero-order chi connectivity index (χ0) is 11.9. The average Bonchev–Trinajstić information content (AvgIpc) is 3.06. The van der Waals surface area contributed by atoms with Crippen LogP contribution in [0.2, 0.25) is 0 Å². The van der Waals surface area contributed by atoms with Gasteiger partial charge in [-0.15, -0.1) is 0 Å². The van der Waals surface area contributed by atoms with Crippen molar-refractivity contribution in [2.75, 3.05) is 0 Å². The predicted molar refractivity (Wildman–Crippen MR) is 67.0 cm³/mol. The molecule has 0 aliphatic carbocycles. The van der Waals surface area contributed by atoms with Crippen LogP contribution in [0.4, 0.5) is 0 Å². The summed E-state index contributed by atoms with van der Waals surface area (Å²) in [6, 6.07) is 3.87. The molecule has 4 rings (SSSR count). The van der Waals surface area contributed by atoms with E-state index in [1.54, 1.807) is 24.9 Å². The second-order valence-corrected chi connectivity index (χ2v) is 4.04. The minimum Gasteiger partial charge on any atom is -0.463 e. The summed E-state index contributed by atoms with van der Waals surface area (Å²) >= 11 is 0. The van der Waals surface area contributed by atoms with Gasteiger partial charge in [-0.05, 0) is 12.1 Å². The van der Waals surface area contributed by atoms with Crippen molar-refractivity contribution in [2.24, 2.45) is 0 Å². The Hall–Kier alpha value is -2.62. The predicted octanol–water partition coefficient (Wildman–Crippen LogP) is 3.64. The van der Waals surface area contributed by atoms with Crippen LogP contribution in [0.25, 0.3) is 33.1 Å². The molecule has 0 radical (unpaired) electrons. The molecule has 0 bridgehead atoms. The summed E-state index contributed by atoms with van der Waals surface area (Å²) in [6.07, 6.45) is 10.4. The summed E-state index contributed by atoms with van der Waals surface area (Å²) in [5, 5.41) is 2.06. The van der Waals surface area contributed by atoms with Crippen LogP contribution in [0.15, 0.2) is 58.3 Å². The summed E-state index contributed by atoms with van der Waals surface area (Å²) < 4.78 is 10.7. The second-order valence-electron chi connectivity index (χ2n) is 4.04. The maximum Gasteiger partial charge on any atom is 0.152 e. The van der Waals surface area contributed by atoms with Gasteiger partial charge < -0.3 is 8.83 Å². The smallest absolute Gasteiger partial charge is 0.152 e. The Morgan fingerprint density at radius 3 is 1.67 bits per heavy atom. The summed E-state index contributed by atoms with van der Waals surface area (Å²) in [4.78, 5) is 8.40. The fourth-order valence-electron chi connectivity index (χ4n) is 2.21. The van der Waals surface area contributed by atoms with E-state index in [9.17, 15) is 0 Å². The molecule has 86 valence electrons. The third-order valence-corrected chi connectivity index (χ3v) is 3.05. The minimum atomic E-state index is 0.771. The first-order chi connectivity index (χ1) is 8.93. The quantitative estimate of drug-likeness (QED) is 0.506. The Labute approximate surface area is 102 Å². The maximum atomic E-state index is 5.37. The SMILES string of the molecule is c1cc2c(-c3cncc4occc34)cncc2o1. The molecule has 0 aliphatic heterocycles. The van der Waals surface area contributed by atoms with Crippen molar-refractivity contribution in [2.45, 2.75) is 0 Å². The van der Waals surface area contributed by atoms with Gasteiger partial charge in [0.15, 0.2) is 11.2 Å². The van der Waals surface area contributed by atoms with Gasteiger partial charge in [0.05, 0.1) is 24.9 Å². The number of furan rings is 2. The van der Waals surface area contributed by atoms with Crippen LogP contribution in [0, 0.1) is 0 Å². The van der Waals surface area contributed by atoms with Gasteiger partial charge in [0, 0.05) is 34.3 Å². The molecular formula is C14H8N2O2. The van der Waals surface area contributed by atoms with E-state index in [0.29, 0.717) is 0 Å². The largest absolute Gasteiger partial charge is 0.463 e. The topological polar surface area (TPSA) is 52.1 Å². The van der Waals surface area contributed by atoms with Crippen LogP contribution in [-0.2, 0) is 0 Å². The first-order valence-electron chi connectivity index (χ1n) is 5.56. The zero-order valence-corrected chi connectivity index (χ0v) is 9.33. The monoisotopic (exact) mass is 236 g/mol. The van der Waals surface area contributed by atoms with E-state index in [0.717, 1.165) is 33.1 Å². The molecule has 4 aromatic heterocycles. The lowest BCUT2D eigenvalue weighted by molar-refractivity contribution is 0.614. The van der Waals surface area contributed by atoms with E-state index in [1.165, 1.54) is 0 Å². The van der Waals surface area contributed by atoms with Gasteiger partial charge >= 0.3 is 0 Å². The number of nitrogens with zero attached hydrogens (tertiary/aromatic N) is 2. The Morgan fingerprint density at radius 1 is 0.667 bits per heavy atom. The van der Waals surface area contributed by atoms with Crippen molar-refractivity contribution in [3.05, 3.63) is 49.4 Å². The molecule has 0 spiro atoms. The molecule has 0 aliphatic rings. The summed E-state index contributed by atoms with van der Waals surface area (Å²) in [7, 11) is 0. The molecule has 0 saturated heterocycles. The van der Waals surface area contributed by atoms with Crippen molar-refractivity contribution < 1.29 is 8.83 Å². The molecular weight excluding hydrogens is 228 g/mol. The summed E-state index contributed by atoms with van der Waals surface area (Å²) in [5.41, 5.74) is 3.54. The first-order valence-corrected chi connectivity index (χ1v) is 5.56. The van der Waals surface area contributed by atoms with E-state index < -0.39 is 0 Å². The molecule has 0 saturated carbocycles. The molecule has 0 aromatic carbocycles. The lowest BCUT2D eigenvalue weighted by Crippen LogP contribution is -1.83. The minimum absolute atomic E-state index is 0.771. The molecule has 4 heterocycles. The van der Waals surface area contributed by atoms with Crippen molar-refractivity contribution in [1.82, 2.24) is 9.97 Å². The van der Waals surface area contributed by atoms with E-state index in [2.05, 4.69) is 9.97 Å². The van der Waals surface area contributed by atoms with Crippen LogP contribution in [0.1, 0.15) is 0 Å². The molecule has 4 aromatic rings. The van der Waals surface area contributed by atoms with Gasteiger partial charge in [-0.2, -0.15) is 0 Å². The molecule has 0 fully saturated rings. The van der Waals surface area contributed by atoms with Gasteiger partial charge in [-0.3, -0.25) is 9.97 Å². The second kappa shape index (κ2) is 3.43. The van der Waals surface area contributed by atoms with Crippen LogP contribution in [-0.4, -0.2) is 9.97 Å². The van der Waals surface area contributed by atoms with Crippen LogP contribution >= 0.6 is 0 Å². The number of pyridine rings is 2. The lowest BCUT2D eigenvalue weighted by atomic mass is 10.0. The number of aromatic nitrogens is 2. The summed E-state index contributed by atoms with van der Waals surface area (Å²) in [6.45, 7) is 0. The Bertz CT molecular complexity index is 773. The third-order valence-electron chi connectivity index (χ3n) is 3.05. The zero-order valence-electron chi connectivity index (χ0n) is 9.33. The van der Waals surface area contributed by atoms with Gasteiger partial charge in [-0.1, -0.05) is 0 Å². The highest BCUT2D eigenvalue weighted by atomic mass is 16.3. The normalized spacial score (nSPS) is 11.3. The van der Waals surface area contributed by atoms with Gasteiger partial charge in [0.25, 0.3) is 0 Å². The molecule has 18 heavy (non-hydrogen) atoms. The molecule has 4 heteroatoms. The highest BCUT2D eigenvalue weighted by Gasteiger charge is 2.11. The average molecular weight is 236 g/mol. The van der Waals surface area contributed by atoms with Crippen LogP contribution in [0.5, 0.6) is 0 Å². The fraction of sp³-hybridized carbons (Fsp3) is 0. The van der Waals surface area contributed by atoms with Crippen molar-refractivity contribution >= 4 is 21.9 Å². The van der Waals surface area contributed by atoms with E-state index in [1.807, 2.05) is 24.5 Å². The van der Waals surface area contributed by atoms with Gasteiger partial charge in [-0.25, -0.2) is 0 Å². The van der Waals surface area contributed by atoms with Crippen molar-refractivity contribution in [1.29, 1.82) is 0 Å². The Balaban J connectivity index is 2.13. The third kappa shape index (κ3) is 1.20. The standard InChI is InChI=1S/C14H8N2O2/c1-3-17-13-7-15-5-11(9(1)13)12-6-16-8-14-10(12)2-4-18-14/h1-8H. The fourth-order valence-corrected chi connectivity index (χ4v) is 2.21. The van der Waals surface area contributed by atoms with E-state index in [4.69, 9.17) is 8.83 Å². The van der Waals surface area contributed by atoms with Crippen molar-refractivity contribution in [3.8, 4) is 11.1 Å². The molecule has 4 nitrogen and oxygen atoms in total. The highest BCUT2D eigenvalue weighted by molar-refractivity contribution is 6.01. The van der Waals surface area contributed by atoms with Crippen molar-refractivity contribution in [3.63, 3.8) is 0 Å². The number of fused-ring (bicyclic) bond motifs is 2. The highest BCUT2D eigenvalue weighted by Crippen LogP contribution is 2.33.